The van der Waals surface area contributed by atoms with Gasteiger partial charge in [0, 0.05) is 11.1 Å². The molecule has 0 unspecified atom stereocenters. The van der Waals surface area contributed by atoms with Crippen LogP contribution < -0.4 is 5.32 Å². The number of rotatable bonds is 4. The Morgan fingerprint density at radius 1 is 1.32 bits per heavy atom. The predicted molar refractivity (Wildman–Crippen MR) is 75.0 cm³/mol. The average Bonchev–Trinajstić information content (AvgIpc) is 2.41. The highest BCUT2D eigenvalue weighted by Gasteiger charge is 2.13. The number of amides is 1. The van der Waals surface area contributed by atoms with Crippen molar-refractivity contribution in [2.45, 2.75) is 11.8 Å². The minimum Gasteiger partial charge on any atom is -0.321 e. The molecular weight excluding hydrogens is 263 g/mol. The Balaban J connectivity index is 2.22. The van der Waals surface area contributed by atoms with Gasteiger partial charge in [-0.3, -0.25) is 4.79 Å². The summed E-state index contributed by atoms with van der Waals surface area (Å²) < 4.78 is 13.4. The number of anilines is 1. The lowest BCUT2D eigenvalue weighted by atomic mass is 10.2. The lowest BCUT2D eigenvalue weighted by Crippen LogP contribution is -2.14. The highest BCUT2D eigenvalue weighted by molar-refractivity contribution is 7.99. The number of aromatic nitrogens is 1. The van der Waals surface area contributed by atoms with Gasteiger partial charge in [0.2, 0.25) is 5.95 Å². The number of nitrogens with zero attached hydrogens (tertiary/aromatic N) is 1. The Kier molecular flexibility index (Phi) is 4.52. The predicted octanol–water partition coefficient (Wildman–Crippen LogP) is 3.59. The summed E-state index contributed by atoms with van der Waals surface area (Å²) in [7, 11) is 0. The van der Waals surface area contributed by atoms with Crippen LogP contribution in [0.2, 0.25) is 0 Å². The first-order valence-electron chi connectivity index (χ1n) is 5.86. The quantitative estimate of drug-likeness (QED) is 0.685. The first-order valence-corrected chi connectivity index (χ1v) is 6.84. The van der Waals surface area contributed by atoms with Crippen LogP contribution in [-0.4, -0.2) is 16.6 Å². The average molecular weight is 276 g/mol. The molecule has 98 valence electrons. The van der Waals surface area contributed by atoms with E-state index in [0.717, 1.165) is 10.6 Å². The Labute approximate surface area is 115 Å². The topological polar surface area (TPSA) is 42.0 Å². The van der Waals surface area contributed by atoms with Crippen molar-refractivity contribution in [1.82, 2.24) is 4.98 Å². The molecule has 0 atom stereocenters. The maximum atomic E-state index is 13.4. The normalized spacial score (nSPS) is 10.2. The smallest absolute Gasteiger partial charge is 0.260 e. The lowest BCUT2D eigenvalue weighted by Gasteiger charge is -2.10. The number of hydrogen-bond donors (Lipinski definition) is 1. The standard InChI is InChI=1S/C14H13FN2OS/c1-2-19-12-8-4-3-7-11(12)17-14(18)10-6-5-9-16-13(10)15/h3-9H,2H2,1H3,(H,17,18). The van der Waals surface area contributed by atoms with E-state index in [-0.39, 0.29) is 5.56 Å². The summed E-state index contributed by atoms with van der Waals surface area (Å²) in [6.07, 6.45) is 1.31. The van der Waals surface area contributed by atoms with Gasteiger partial charge < -0.3 is 5.32 Å². The number of nitrogens with one attached hydrogen (secondary N) is 1. The number of pyridine rings is 1. The van der Waals surface area contributed by atoms with Gasteiger partial charge in [-0.1, -0.05) is 19.1 Å². The minimum absolute atomic E-state index is 0.0567. The van der Waals surface area contributed by atoms with Crippen molar-refractivity contribution in [3.63, 3.8) is 0 Å². The molecule has 1 N–H and O–H groups in total. The van der Waals surface area contributed by atoms with Gasteiger partial charge in [0.25, 0.3) is 5.91 Å². The molecule has 19 heavy (non-hydrogen) atoms. The molecule has 0 aliphatic carbocycles. The zero-order valence-corrected chi connectivity index (χ0v) is 11.2. The SMILES string of the molecule is CCSc1ccccc1NC(=O)c1cccnc1F. The molecule has 0 aliphatic heterocycles. The molecular formula is C14H13FN2OS. The van der Waals surface area contributed by atoms with E-state index in [0.29, 0.717) is 5.69 Å². The van der Waals surface area contributed by atoms with Crippen molar-refractivity contribution in [3.8, 4) is 0 Å². The van der Waals surface area contributed by atoms with Crippen LogP contribution in [0.15, 0.2) is 47.5 Å². The summed E-state index contributed by atoms with van der Waals surface area (Å²) >= 11 is 1.62. The van der Waals surface area contributed by atoms with E-state index in [1.54, 1.807) is 17.8 Å². The fourth-order valence-electron chi connectivity index (χ4n) is 1.60. The highest BCUT2D eigenvalue weighted by Crippen LogP contribution is 2.27. The maximum absolute atomic E-state index is 13.4. The fraction of sp³-hybridized carbons (Fsp3) is 0.143. The van der Waals surface area contributed by atoms with E-state index >= 15 is 0 Å². The summed E-state index contributed by atoms with van der Waals surface area (Å²) in [6, 6.07) is 10.4. The molecule has 1 aromatic carbocycles. The van der Waals surface area contributed by atoms with Crippen molar-refractivity contribution in [2.75, 3.05) is 11.1 Å². The molecule has 0 aliphatic rings. The molecule has 5 heteroatoms. The molecule has 3 nitrogen and oxygen atoms in total. The third-order valence-electron chi connectivity index (χ3n) is 2.44. The molecule has 2 rings (SSSR count). The Morgan fingerprint density at radius 2 is 2.11 bits per heavy atom. The van der Waals surface area contributed by atoms with E-state index in [9.17, 15) is 9.18 Å². The molecule has 0 saturated carbocycles. The third-order valence-corrected chi connectivity index (χ3v) is 3.39. The largest absolute Gasteiger partial charge is 0.321 e. The van der Waals surface area contributed by atoms with Gasteiger partial charge in [0.15, 0.2) is 0 Å². The van der Waals surface area contributed by atoms with Crippen molar-refractivity contribution in [1.29, 1.82) is 0 Å². The van der Waals surface area contributed by atoms with Crippen molar-refractivity contribution in [3.05, 3.63) is 54.1 Å². The maximum Gasteiger partial charge on any atom is 0.260 e. The molecule has 2 aromatic rings. The minimum atomic E-state index is -0.763. The van der Waals surface area contributed by atoms with E-state index in [4.69, 9.17) is 0 Å². The van der Waals surface area contributed by atoms with Crippen LogP contribution in [0.3, 0.4) is 0 Å². The molecule has 1 heterocycles. The number of thioether (sulfide) groups is 1. The van der Waals surface area contributed by atoms with Gasteiger partial charge in [-0.25, -0.2) is 4.98 Å². The summed E-state index contributed by atoms with van der Waals surface area (Å²) in [5.74, 6) is -0.357. The van der Waals surface area contributed by atoms with E-state index in [1.807, 2.05) is 25.1 Å². The molecule has 1 amide bonds. The van der Waals surface area contributed by atoms with Gasteiger partial charge >= 0.3 is 0 Å². The number of benzene rings is 1. The van der Waals surface area contributed by atoms with Crippen molar-refractivity contribution < 1.29 is 9.18 Å². The van der Waals surface area contributed by atoms with Crippen LogP contribution in [-0.2, 0) is 0 Å². The van der Waals surface area contributed by atoms with Gasteiger partial charge in [-0.2, -0.15) is 4.39 Å². The Bertz CT molecular complexity index is 589. The molecule has 0 bridgehead atoms. The molecule has 1 aromatic heterocycles. The summed E-state index contributed by atoms with van der Waals surface area (Å²) in [5, 5.41) is 2.71. The molecule has 0 radical (unpaired) electrons. The van der Waals surface area contributed by atoms with Gasteiger partial charge in [-0.05, 0) is 30.0 Å². The van der Waals surface area contributed by atoms with E-state index in [1.165, 1.54) is 18.3 Å². The van der Waals surface area contributed by atoms with Gasteiger partial charge in [0.05, 0.1) is 11.3 Å². The van der Waals surface area contributed by atoms with Crippen LogP contribution >= 0.6 is 11.8 Å². The van der Waals surface area contributed by atoms with Crippen LogP contribution in [0.1, 0.15) is 17.3 Å². The Hall–Kier alpha value is -1.88. The van der Waals surface area contributed by atoms with Crippen LogP contribution in [0, 0.1) is 5.95 Å². The van der Waals surface area contributed by atoms with Crippen LogP contribution in [0.25, 0.3) is 0 Å². The molecule has 0 saturated heterocycles. The second-order valence-electron chi connectivity index (χ2n) is 3.73. The van der Waals surface area contributed by atoms with Gasteiger partial charge in [-0.15, -0.1) is 11.8 Å². The van der Waals surface area contributed by atoms with Crippen LogP contribution in [0.4, 0.5) is 10.1 Å². The third kappa shape index (κ3) is 3.32. The van der Waals surface area contributed by atoms with Crippen LogP contribution in [0.5, 0.6) is 0 Å². The number of para-hydroxylation sites is 1. The zero-order valence-electron chi connectivity index (χ0n) is 10.4. The summed E-state index contributed by atoms with van der Waals surface area (Å²) in [5.41, 5.74) is 0.626. The second kappa shape index (κ2) is 6.33. The fourth-order valence-corrected chi connectivity index (χ4v) is 2.36. The number of carbonyl (C=O) groups is 1. The van der Waals surface area contributed by atoms with Gasteiger partial charge in [0.1, 0.15) is 0 Å². The first-order chi connectivity index (χ1) is 9.22. The lowest BCUT2D eigenvalue weighted by molar-refractivity contribution is 0.102. The number of halogens is 1. The second-order valence-corrected chi connectivity index (χ2v) is 5.03. The summed E-state index contributed by atoms with van der Waals surface area (Å²) in [6.45, 7) is 2.03. The summed E-state index contributed by atoms with van der Waals surface area (Å²) in [4.78, 5) is 16.4. The monoisotopic (exact) mass is 276 g/mol. The Morgan fingerprint density at radius 3 is 2.84 bits per heavy atom. The van der Waals surface area contributed by atoms with Crippen molar-refractivity contribution >= 4 is 23.4 Å². The number of carbonyl (C=O) groups excluding carboxylic acids is 1. The van der Waals surface area contributed by atoms with Crippen molar-refractivity contribution in [2.24, 2.45) is 0 Å². The number of hydrogen-bond acceptors (Lipinski definition) is 3. The van der Waals surface area contributed by atoms with E-state index < -0.39 is 11.9 Å². The zero-order chi connectivity index (χ0) is 13.7. The first kappa shape index (κ1) is 13.5. The highest BCUT2D eigenvalue weighted by atomic mass is 32.2. The van der Waals surface area contributed by atoms with E-state index in [2.05, 4.69) is 10.3 Å². The molecule has 0 fully saturated rings. The molecule has 0 spiro atoms.